The number of piperazine rings is 1. The zero-order valence-electron chi connectivity index (χ0n) is 15.4. The van der Waals surface area contributed by atoms with Gasteiger partial charge < -0.3 is 9.47 Å². The molecule has 1 saturated heterocycles. The van der Waals surface area contributed by atoms with Crippen LogP contribution in [-0.2, 0) is 13.6 Å². The average molecular weight is 348 g/mol. The van der Waals surface area contributed by atoms with E-state index in [-0.39, 0.29) is 5.91 Å². The van der Waals surface area contributed by atoms with Crippen molar-refractivity contribution in [3.05, 3.63) is 65.5 Å². The van der Waals surface area contributed by atoms with Crippen molar-refractivity contribution in [2.75, 3.05) is 26.2 Å². The molecule has 3 aromatic rings. The fourth-order valence-corrected chi connectivity index (χ4v) is 3.52. The van der Waals surface area contributed by atoms with Gasteiger partial charge in [0.1, 0.15) is 5.82 Å². The zero-order valence-corrected chi connectivity index (χ0v) is 15.4. The molecule has 2 aromatic carbocycles. The molecule has 1 aliphatic rings. The lowest BCUT2D eigenvalue weighted by Gasteiger charge is -2.34. The van der Waals surface area contributed by atoms with Gasteiger partial charge in [-0.25, -0.2) is 4.98 Å². The summed E-state index contributed by atoms with van der Waals surface area (Å²) in [7, 11) is 2.07. The number of carbonyl (C=O) groups excluding carboxylic acids is 1. The molecular weight excluding hydrogens is 324 g/mol. The van der Waals surface area contributed by atoms with E-state index >= 15 is 0 Å². The van der Waals surface area contributed by atoms with Gasteiger partial charge in [-0.2, -0.15) is 0 Å². The van der Waals surface area contributed by atoms with E-state index in [1.54, 1.807) is 0 Å². The maximum atomic E-state index is 12.6. The first-order valence-electron chi connectivity index (χ1n) is 9.10. The molecule has 0 atom stereocenters. The molecule has 26 heavy (non-hydrogen) atoms. The predicted molar refractivity (Wildman–Crippen MR) is 103 cm³/mol. The van der Waals surface area contributed by atoms with Crippen molar-refractivity contribution >= 4 is 16.9 Å². The van der Waals surface area contributed by atoms with Crippen LogP contribution in [0.3, 0.4) is 0 Å². The molecule has 0 N–H and O–H groups in total. The minimum Gasteiger partial charge on any atom is -0.336 e. The lowest BCUT2D eigenvalue weighted by molar-refractivity contribution is 0.0624. The quantitative estimate of drug-likeness (QED) is 0.731. The van der Waals surface area contributed by atoms with E-state index in [1.807, 2.05) is 48.2 Å². The Bertz CT molecular complexity index is 921. The van der Waals surface area contributed by atoms with Crippen LogP contribution in [0.1, 0.15) is 21.7 Å². The number of aryl methyl sites for hydroxylation is 2. The summed E-state index contributed by atoms with van der Waals surface area (Å²) in [5, 5.41) is 0. The molecular formula is C21H24N4O. The van der Waals surface area contributed by atoms with E-state index in [1.165, 1.54) is 5.56 Å². The highest BCUT2D eigenvalue weighted by atomic mass is 16.2. The zero-order chi connectivity index (χ0) is 18.1. The van der Waals surface area contributed by atoms with Crippen LogP contribution in [0.4, 0.5) is 0 Å². The molecule has 5 nitrogen and oxygen atoms in total. The van der Waals surface area contributed by atoms with Gasteiger partial charge in [0.15, 0.2) is 0 Å². The lowest BCUT2D eigenvalue weighted by atomic mass is 10.1. The van der Waals surface area contributed by atoms with E-state index in [9.17, 15) is 4.79 Å². The van der Waals surface area contributed by atoms with E-state index in [2.05, 4.69) is 28.6 Å². The Labute approximate surface area is 153 Å². The summed E-state index contributed by atoms with van der Waals surface area (Å²) in [4.78, 5) is 21.7. The van der Waals surface area contributed by atoms with Gasteiger partial charge in [0.25, 0.3) is 5.91 Å². The molecule has 2 heterocycles. The fraction of sp³-hybridized carbons (Fsp3) is 0.333. The number of hydrogen-bond acceptors (Lipinski definition) is 3. The highest BCUT2D eigenvalue weighted by molar-refractivity contribution is 5.94. The third kappa shape index (κ3) is 3.22. The summed E-state index contributed by atoms with van der Waals surface area (Å²) >= 11 is 0. The monoisotopic (exact) mass is 348 g/mol. The van der Waals surface area contributed by atoms with Crippen LogP contribution >= 0.6 is 0 Å². The molecule has 0 unspecified atom stereocenters. The number of aromatic nitrogens is 2. The van der Waals surface area contributed by atoms with Crippen molar-refractivity contribution in [2.45, 2.75) is 13.5 Å². The van der Waals surface area contributed by atoms with Gasteiger partial charge in [-0.1, -0.05) is 29.8 Å². The molecule has 0 aliphatic carbocycles. The van der Waals surface area contributed by atoms with E-state index in [4.69, 9.17) is 4.98 Å². The first kappa shape index (κ1) is 16.8. The predicted octanol–water partition coefficient (Wildman–Crippen LogP) is 2.84. The van der Waals surface area contributed by atoms with Gasteiger partial charge in [-0.15, -0.1) is 0 Å². The topological polar surface area (TPSA) is 41.4 Å². The van der Waals surface area contributed by atoms with E-state index in [0.717, 1.165) is 55.1 Å². The third-order valence-electron chi connectivity index (χ3n) is 5.20. The summed E-state index contributed by atoms with van der Waals surface area (Å²) in [5.74, 6) is 1.21. The van der Waals surface area contributed by atoms with Crippen LogP contribution in [0.5, 0.6) is 0 Å². The van der Waals surface area contributed by atoms with Gasteiger partial charge in [0.05, 0.1) is 17.6 Å². The van der Waals surface area contributed by atoms with Crippen molar-refractivity contribution in [1.29, 1.82) is 0 Å². The van der Waals surface area contributed by atoms with Gasteiger partial charge >= 0.3 is 0 Å². The van der Waals surface area contributed by atoms with Gasteiger partial charge in [0.2, 0.25) is 0 Å². The van der Waals surface area contributed by atoms with Gasteiger partial charge in [-0.05, 0) is 31.2 Å². The van der Waals surface area contributed by atoms with Crippen molar-refractivity contribution in [3.63, 3.8) is 0 Å². The molecule has 1 aliphatic heterocycles. The highest BCUT2D eigenvalue weighted by Gasteiger charge is 2.23. The number of amides is 1. The molecule has 5 heteroatoms. The summed E-state index contributed by atoms with van der Waals surface area (Å²) in [6.07, 6.45) is 0. The Morgan fingerprint density at radius 2 is 1.69 bits per heavy atom. The SMILES string of the molecule is Cc1ccc(C(=O)N2CCN(Cc3nc4ccccc4n3C)CC2)cc1. The van der Waals surface area contributed by atoms with Crippen molar-refractivity contribution in [2.24, 2.45) is 7.05 Å². The first-order valence-corrected chi connectivity index (χ1v) is 9.10. The molecule has 134 valence electrons. The van der Waals surface area contributed by atoms with Gasteiger partial charge in [0, 0.05) is 38.8 Å². The molecule has 0 saturated carbocycles. The fourth-order valence-electron chi connectivity index (χ4n) is 3.52. The maximum Gasteiger partial charge on any atom is 0.253 e. The standard InChI is InChI=1S/C21H24N4O/c1-16-7-9-17(10-8-16)21(26)25-13-11-24(12-14-25)15-20-22-18-5-3-4-6-19(18)23(20)2/h3-10H,11-15H2,1-2H3. The van der Waals surface area contributed by atoms with Gasteiger partial charge in [-0.3, -0.25) is 9.69 Å². The van der Waals surface area contributed by atoms with Crippen LogP contribution in [0, 0.1) is 6.92 Å². The number of fused-ring (bicyclic) bond motifs is 1. The maximum absolute atomic E-state index is 12.6. The number of hydrogen-bond donors (Lipinski definition) is 0. The first-order chi connectivity index (χ1) is 12.6. The highest BCUT2D eigenvalue weighted by Crippen LogP contribution is 2.17. The molecule has 0 spiro atoms. The minimum atomic E-state index is 0.132. The molecule has 1 fully saturated rings. The van der Waals surface area contributed by atoms with Crippen LogP contribution in [0.25, 0.3) is 11.0 Å². The van der Waals surface area contributed by atoms with Crippen molar-refractivity contribution in [3.8, 4) is 0 Å². The number of nitrogens with zero attached hydrogens (tertiary/aromatic N) is 4. The number of para-hydroxylation sites is 2. The molecule has 4 rings (SSSR count). The van der Waals surface area contributed by atoms with Crippen molar-refractivity contribution < 1.29 is 4.79 Å². The van der Waals surface area contributed by atoms with Crippen LogP contribution in [0.15, 0.2) is 48.5 Å². The summed E-state index contributed by atoms with van der Waals surface area (Å²) in [6.45, 7) is 6.13. The molecule has 0 radical (unpaired) electrons. The second-order valence-corrected chi connectivity index (χ2v) is 7.01. The summed E-state index contributed by atoms with van der Waals surface area (Å²) in [6, 6.07) is 16.1. The lowest BCUT2D eigenvalue weighted by Crippen LogP contribution is -2.48. The summed E-state index contributed by atoms with van der Waals surface area (Å²) < 4.78 is 2.17. The second-order valence-electron chi connectivity index (χ2n) is 7.01. The molecule has 1 amide bonds. The Hall–Kier alpha value is -2.66. The number of rotatable bonds is 3. The number of imidazole rings is 1. The molecule has 0 bridgehead atoms. The smallest absolute Gasteiger partial charge is 0.253 e. The van der Waals surface area contributed by atoms with E-state index < -0.39 is 0 Å². The average Bonchev–Trinajstić information content (AvgIpc) is 2.98. The Kier molecular flexibility index (Phi) is 4.47. The largest absolute Gasteiger partial charge is 0.336 e. The minimum absolute atomic E-state index is 0.132. The third-order valence-corrected chi connectivity index (χ3v) is 5.20. The van der Waals surface area contributed by atoms with Crippen LogP contribution in [-0.4, -0.2) is 51.4 Å². The second kappa shape index (κ2) is 6.92. The molecule has 1 aromatic heterocycles. The van der Waals surface area contributed by atoms with Crippen LogP contribution < -0.4 is 0 Å². The Morgan fingerprint density at radius 1 is 1.00 bits per heavy atom. The summed E-state index contributed by atoms with van der Waals surface area (Å²) in [5.41, 5.74) is 4.15. The van der Waals surface area contributed by atoms with Crippen LogP contribution in [0.2, 0.25) is 0 Å². The normalized spacial score (nSPS) is 15.5. The number of benzene rings is 2. The number of carbonyl (C=O) groups is 1. The van der Waals surface area contributed by atoms with Crippen molar-refractivity contribution in [1.82, 2.24) is 19.4 Å². The Balaban J connectivity index is 1.39. The van der Waals surface area contributed by atoms with E-state index in [0.29, 0.717) is 0 Å². The Morgan fingerprint density at radius 3 is 2.38 bits per heavy atom.